The van der Waals surface area contributed by atoms with Gasteiger partial charge in [-0.3, -0.25) is 14.5 Å². The molecule has 2 aromatic carbocycles. The average molecular weight is 460 g/mol. The van der Waals surface area contributed by atoms with Gasteiger partial charge in [-0.05, 0) is 42.5 Å². The van der Waals surface area contributed by atoms with Crippen molar-refractivity contribution >= 4 is 40.6 Å². The summed E-state index contributed by atoms with van der Waals surface area (Å²) in [5, 5.41) is 12.8. The molecule has 2 heterocycles. The van der Waals surface area contributed by atoms with Crippen LogP contribution in [-0.2, 0) is 4.74 Å². The quantitative estimate of drug-likeness (QED) is 0.464. The molecular formula is C24H18ClN5O3. The van der Waals surface area contributed by atoms with Crippen molar-refractivity contribution in [2.24, 2.45) is 0 Å². The van der Waals surface area contributed by atoms with Crippen molar-refractivity contribution in [3.05, 3.63) is 83.1 Å². The number of amides is 2. The molecule has 0 fully saturated rings. The van der Waals surface area contributed by atoms with Gasteiger partial charge in [-0.15, -0.1) is 0 Å². The molecule has 0 aliphatic rings. The van der Waals surface area contributed by atoms with Crippen LogP contribution in [0.1, 0.15) is 15.9 Å². The summed E-state index contributed by atoms with van der Waals surface area (Å²) in [5.74, 6) is -0.340. The molecule has 0 atom stereocenters. The van der Waals surface area contributed by atoms with Crippen LogP contribution in [-0.4, -0.2) is 35.5 Å². The second kappa shape index (κ2) is 9.02. The molecule has 2 aromatic heterocycles. The van der Waals surface area contributed by atoms with E-state index in [-0.39, 0.29) is 17.0 Å². The number of anilines is 2. The van der Waals surface area contributed by atoms with E-state index in [4.69, 9.17) is 11.6 Å². The number of nitrogens with one attached hydrogen (secondary N) is 1. The van der Waals surface area contributed by atoms with Crippen molar-refractivity contribution in [3.63, 3.8) is 0 Å². The maximum atomic E-state index is 13.3. The van der Waals surface area contributed by atoms with E-state index in [1.54, 1.807) is 66.3 Å². The summed E-state index contributed by atoms with van der Waals surface area (Å²) in [6.45, 7) is 0. The molecule has 8 nitrogen and oxygen atoms in total. The lowest BCUT2D eigenvalue weighted by Gasteiger charge is -2.18. The van der Waals surface area contributed by atoms with E-state index >= 15 is 0 Å². The van der Waals surface area contributed by atoms with Crippen LogP contribution in [0.3, 0.4) is 0 Å². The third kappa shape index (κ3) is 4.35. The van der Waals surface area contributed by atoms with E-state index in [1.807, 2.05) is 12.1 Å². The highest BCUT2D eigenvalue weighted by Gasteiger charge is 2.20. The minimum absolute atomic E-state index is 0.225. The number of fused-ring (bicyclic) bond motifs is 1. The number of pyridine rings is 1. The number of nitrogens with zero attached hydrogens (tertiary/aromatic N) is 4. The molecule has 0 radical (unpaired) electrons. The Balaban J connectivity index is 1.72. The highest BCUT2D eigenvalue weighted by Crippen LogP contribution is 2.26. The molecule has 0 bridgehead atoms. The number of rotatable bonds is 4. The van der Waals surface area contributed by atoms with Gasteiger partial charge in [0.25, 0.3) is 5.91 Å². The SMILES string of the molecule is COC(=O)Nc1ccc(-c2cnc3cc(C#N)c(C(=O)N(C)c4ccc(Cl)cc4)cn23)cc1. The summed E-state index contributed by atoms with van der Waals surface area (Å²) in [6.07, 6.45) is 2.72. The van der Waals surface area contributed by atoms with Crippen LogP contribution in [0.25, 0.3) is 16.9 Å². The first kappa shape index (κ1) is 21.9. The van der Waals surface area contributed by atoms with Crippen molar-refractivity contribution in [1.82, 2.24) is 9.38 Å². The van der Waals surface area contributed by atoms with E-state index in [0.29, 0.717) is 22.0 Å². The van der Waals surface area contributed by atoms with Gasteiger partial charge < -0.3 is 9.64 Å². The largest absolute Gasteiger partial charge is 0.453 e. The Hall–Kier alpha value is -4.35. The average Bonchev–Trinajstić information content (AvgIpc) is 3.26. The Morgan fingerprint density at radius 2 is 1.85 bits per heavy atom. The van der Waals surface area contributed by atoms with Crippen LogP contribution in [0.2, 0.25) is 5.02 Å². The number of hydrogen-bond donors (Lipinski definition) is 1. The van der Waals surface area contributed by atoms with Crippen molar-refractivity contribution in [2.45, 2.75) is 0 Å². The number of nitriles is 1. The van der Waals surface area contributed by atoms with Gasteiger partial charge in [0.15, 0.2) is 0 Å². The Morgan fingerprint density at radius 3 is 2.48 bits per heavy atom. The minimum atomic E-state index is -0.561. The molecule has 0 saturated heterocycles. The maximum Gasteiger partial charge on any atom is 0.411 e. The standard InChI is InChI=1S/C24H18ClN5O3/c1-29(19-9-5-17(25)6-10-19)23(31)20-14-30-21(13-27-22(30)11-16(20)12-26)15-3-7-18(8-4-15)28-24(32)33-2/h3-11,13-14H,1-2H3,(H,28,32). The predicted octanol–water partition coefficient (Wildman–Crippen LogP) is 4.98. The molecule has 0 spiro atoms. The molecular weight excluding hydrogens is 442 g/mol. The number of ether oxygens (including phenoxy) is 1. The van der Waals surface area contributed by atoms with E-state index in [1.165, 1.54) is 12.0 Å². The summed E-state index contributed by atoms with van der Waals surface area (Å²) in [6, 6.07) is 17.6. The Kier molecular flexibility index (Phi) is 5.98. The van der Waals surface area contributed by atoms with Gasteiger partial charge in [0.05, 0.1) is 30.1 Å². The monoisotopic (exact) mass is 459 g/mol. The van der Waals surface area contributed by atoms with Gasteiger partial charge in [-0.25, -0.2) is 9.78 Å². The second-order valence-corrected chi connectivity index (χ2v) is 7.56. The Labute approximate surface area is 194 Å². The Bertz CT molecular complexity index is 1390. The van der Waals surface area contributed by atoms with Crippen LogP contribution in [0.5, 0.6) is 0 Å². The zero-order valence-corrected chi connectivity index (χ0v) is 18.5. The lowest BCUT2D eigenvalue weighted by Crippen LogP contribution is -2.27. The van der Waals surface area contributed by atoms with Gasteiger partial charge in [0.1, 0.15) is 11.7 Å². The first-order valence-corrected chi connectivity index (χ1v) is 10.2. The van der Waals surface area contributed by atoms with Crippen LogP contribution in [0, 0.1) is 11.3 Å². The third-order valence-electron chi connectivity index (χ3n) is 5.13. The van der Waals surface area contributed by atoms with Gasteiger partial charge in [-0.1, -0.05) is 23.7 Å². The normalized spacial score (nSPS) is 10.5. The van der Waals surface area contributed by atoms with Gasteiger partial charge >= 0.3 is 6.09 Å². The number of methoxy groups -OCH3 is 1. The van der Waals surface area contributed by atoms with E-state index in [9.17, 15) is 14.9 Å². The lowest BCUT2D eigenvalue weighted by molar-refractivity contribution is 0.0992. The summed E-state index contributed by atoms with van der Waals surface area (Å²) in [4.78, 5) is 30.5. The number of halogens is 1. The number of carbonyl (C=O) groups excluding carboxylic acids is 2. The summed E-state index contributed by atoms with van der Waals surface area (Å²) in [7, 11) is 2.93. The van der Waals surface area contributed by atoms with Crippen LogP contribution in [0.15, 0.2) is 67.0 Å². The number of benzene rings is 2. The zero-order valence-electron chi connectivity index (χ0n) is 17.7. The molecule has 0 saturated carbocycles. The van der Waals surface area contributed by atoms with Gasteiger partial charge in [0.2, 0.25) is 0 Å². The molecule has 0 unspecified atom stereocenters. The topological polar surface area (TPSA) is 99.7 Å². The molecule has 1 N–H and O–H groups in total. The van der Waals surface area contributed by atoms with Crippen LogP contribution in [0.4, 0.5) is 16.2 Å². The molecule has 9 heteroatoms. The van der Waals surface area contributed by atoms with Crippen LogP contribution < -0.4 is 10.2 Å². The number of imidazole rings is 1. The fourth-order valence-electron chi connectivity index (χ4n) is 3.36. The third-order valence-corrected chi connectivity index (χ3v) is 5.38. The highest BCUT2D eigenvalue weighted by molar-refractivity contribution is 6.30. The first-order valence-electron chi connectivity index (χ1n) is 9.81. The maximum absolute atomic E-state index is 13.3. The highest BCUT2D eigenvalue weighted by atomic mass is 35.5. The summed E-state index contributed by atoms with van der Waals surface area (Å²) < 4.78 is 6.35. The molecule has 164 valence electrons. The molecule has 33 heavy (non-hydrogen) atoms. The van der Waals surface area contributed by atoms with Gasteiger partial charge in [-0.2, -0.15) is 5.26 Å². The molecule has 0 aliphatic carbocycles. The predicted molar refractivity (Wildman–Crippen MR) is 126 cm³/mol. The molecule has 0 aliphatic heterocycles. The smallest absolute Gasteiger partial charge is 0.411 e. The van der Waals surface area contributed by atoms with Crippen molar-refractivity contribution < 1.29 is 14.3 Å². The Morgan fingerprint density at radius 1 is 1.15 bits per heavy atom. The summed E-state index contributed by atoms with van der Waals surface area (Å²) >= 11 is 5.95. The molecule has 2 amide bonds. The second-order valence-electron chi connectivity index (χ2n) is 7.12. The zero-order chi connectivity index (χ0) is 23.5. The van der Waals surface area contributed by atoms with Crippen molar-refractivity contribution in [3.8, 4) is 17.3 Å². The van der Waals surface area contributed by atoms with Gasteiger partial charge in [0, 0.05) is 35.2 Å². The first-order chi connectivity index (χ1) is 15.9. The minimum Gasteiger partial charge on any atom is -0.453 e. The fraction of sp³-hybridized carbons (Fsp3) is 0.0833. The lowest BCUT2D eigenvalue weighted by atomic mass is 10.1. The molecule has 4 rings (SSSR count). The number of aromatic nitrogens is 2. The van der Waals surface area contributed by atoms with E-state index < -0.39 is 6.09 Å². The van der Waals surface area contributed by atoms with E-state index in [2.05, 4.69) is 21.1 Å². The van der Waals surface area contributed by atoms with E-state index in [0.717, 1.165) is 11.3 Å². The van der Waals surface area contributed by atoms with Crippen molar-refractivity contribution in [1.29, 1.82) is 5.26 Å². The number of hydrogen-bond acceptors (Lipinski definition) is 5. The summed E-state index contributed by atoms with van der Waals surface area (Å²) in [5.41, 5.74) is 3.76. The van der Waals surface area contributed by atoms with Crippen molar-refractivity contribution in [2.75, 3.05) is 24.4 Å². The fourth-order valence-corrected chi connectivity index (χ4v) is 3.48. The number of carbonyl (C=O) groups is 2. The van der Waals surface area contributed by atoms with Crippen LogP contribution >= 0.6 is 11.6 Å². The molecule has 4 aromatic rings.